The summed E-state index contributed by atoms with van der Waals surface area (Å²) >= 11 is 0. The highest BCUT2D eigenvalue weighted by molar-refractivity contribution is 7.27. The number of likely N-dealkylation sites (N-methyl/N-ethyl adjacent to an activating group) is 1. The lowest BCUT2D eigenvalue weighted by atomic mass is 10.0. The Morgan fingerprint density at radius 3 is 2.67 bits per heavy atom. The molecule has 4 unspecified atom stereocenters. The molecule has 0 aliphatic carbocycles. The van der Waals surface area contributed by atoms with Gasteiger partial charge in [0, 0.05) is 51.6 Å². The van der Waals surface area contributed by atoms with E-state index in [-0.39, 0.29) is 31.6 Å². The van der Waals surface area contributed by atoms with Crippen LogP contribution in [0.3, 0.4) is 0 Å². The fraction of sp³-hybridized carbons (Fsp3) is 0.483. The zero-order valence-corrected chi connectivity index (χ0v) is 24.3. The number of amides is 2. The van der Waals surface area contributed by atoms with Crippen molar-refractivity contribution in [1.29, 1.82) is 0 Å². The first-order valence-electron chi connectivity index (χ1n) is 13.2. The van der Waals surface area contributed by atoms with Crippen LogP contribution in [0.4, 0.5) is 0 Å². The van der Waals surface area contributed by atoms with Crippen LogP contribution in [-0.4, -0.2) is 77.6 Å². The molecule has 4 atom stereocenters. The van der Waals surface area contributed by atoms with E-state index in [9.17, 15) is 19.5 Å². The number of morpholine rings is 1. The highest BCUT2D eigenvalue weighted by Crippen LogP contribution is 2.23. The van der Waals surface area contributed by atoms with Gasteiger partial charge in [0.1, 0.15) is 18.7 Å². The number of rotatable bonds is 10. The van der Waals surface area contributed by atoms with Gasteiger partial charge in [-0.05, 0) is 49.4 Å². The summed E-state index contributed by atoms with van der Waals surface area (Å²) < 4.78 is 11.9. The third kappa shape index (κ3) is 8.08. The number of benzene rings is 1. The van der Waals surface area contributed by atoms with Crippen molar-refractivity contribution >= 4 is 32.6 Å². The Hall–Kier alpha value is -2.84. The third-order valence-corrected chi connectivity index (χ3v) is 7.36. The van der Waals surface area contributed by atoms with E-state index in [2.05, 4.69) is 45.4 Å². The highest BCUT2D eigenvalue weighted by Gasteiger charge is 2.44. The molecule has 0 bridgehead atoms. The molecule has 1 saturated heterocycles. The van der Waals surface area contributed by atoms with Gasteiger partial charge in [-0.15, -0.1) is 9.24 Å². The summed E-state index contributed by atoms with van der Waals surface area (Å²) in [6.45, 7) is 8.66. The topological polar surface area (TPSA) is 108 Å². The molecular weight excluding hydrogens is 517 g/mol. The molecule has 10 heteroatoms. The summed E-state index contributed by atoms with van der Waals surface area (Å²) in [5.41, 5.74) is 0.355. The molecule has 0 saturated carbocycles. The number of carbonyl (C=O) groups is 3. The lowest BCUT2D eigenvalue weighted by Gasteiger charge is -2.37. The van der Waals surface area contributed by atoms with Crippen LogP contribution >= 0.6 is 9.24 Å². The molecule has 2 N–H and O–H groups in total. The minimum absolute atomic E-state index is 0.0850. The molecule has 0 aromatic heterocycles. The Labute approximate surface area is 233 Å². The number of nitrogens with zero attached hydrogens (tertiary/aromatic N) is 2. The van der Waals surface area contributed by atoms with E-state index in [0.717, 1.165) is 35.4 Å². The van der Waals surface area contributed by atoms with Crippen molar-refractivity contribution in [2.24, 2.45) is 0 Å². The smallest absolute Gasteiger partial charge is 0.273 e. The Morgan fingerprint density at radius 1 is 1.31 bits per heavy atom. The largest absolute Gasteiger partial charge is 0.489 e. The number of carbonyl (C=O) groups excluding carboxylic acids is 3. The molecule has 1 fully saturated rings. The average molecular weight is 558 g/mol. The molecule has 9 nitrogen and oxygen atoms in total. The number of hydrogen-bond acceptors (Lipinski definition) is 7. The van der Waals surface area contributed by atoms with Crippen LogP contribution < -0.4 is 10.6 Å². The Kier molecular flexibility index (Phi) is 11.0. The van der Waals surface area contributed by atoms with Crippen LogP contribution in [0.25, 0.3) is 0 Å². The Morgan fingerprint density at radius 2 is 2.03 bits per heavy atom. The minimum atomic E-state index is -2.19. The number of hydrogen-bond donors (Lipinski definition) is 2. The maximum Gasteiger partial charge on any atom is 0.273 e. The van der Waals surface area contributed by atoms with Gasteiger partial charge in [-0.25, -0.2) is 0 Å². The van der Waals surface area contributed by atoms with Gasteiger partial charge in [0.25, 0.3) is 11.8 Å². The summed E-state index contributed by atoms with van der Waals surface area (Å²) in [6, 6.07) is 6.30. The average Bonchev–Trinajstić information content (AvgIpc) is 2.95. The number of ether oxygens (including phenoxy) is 2. The maximum atomic E-state index is 13.1. The van der Waals surface area contributed by atoms with Crippen LogP contribution in [-0.2, 0) is 37.0 Å². The zero-order valence-electron chi connectivity index (χ0n) is 23.2. The van der Waals surface area contributed by atoms with Gasteiger partial charge in [-0.3, -0.25) is 19.4 Å². The van der Waals surface area contributed by atoms with Crippen molar-refractivity contribution in [2.75, 3.05) is 26.7 Å². The Bertz CT molecular complexity index is 1140. The molecule has 1 aromatic rings. The predicted octanol–water partition coefficient (Wildman–Crippen LogP) is 1.96. The van der Waals surface area contributed by atoms with Gasteiger partial charge in [-0.1, -0.05) is 30.4 Å². The fourth-order valence-electron chi connectivity index (χ4n) is 4.87. The minimum Gasteiger partial charge on any atom is -0.489 e. The van der Waals surface area contributed by atoms with E-state index in [4.69, 9.17) is 9.47 Å². The van der Waals surface area contributed by atoms with Gasteiger partial charge < -0.3 is 24.7 Å². The van der Waals surface area contributed by atoms with E-state index >= 15 is 0 Å². The van der Waals surface area contributed by atoms with Crippen molar-refractivity contribution in [2.45, 2.75) is 64.7 Å². The van der Waals surface area contributed by atoms with E-state index in [1.54, 1.807) is 31.2 Å². The van der Waals surface area contributed by atoms with Crippen molar-refractivity contribution < 1.29 is 29.0 Å². The van der Waals surface area contributed by atoms with Crippen LogP contribution in [0.2, 0.25) is 0 Å². The van der Waals surface area contributed by atoms with Crippen molar-refractivity contribution in [3.8, 4) is 0 Å². The van der Waals surface area contributed by atoms with Gasteiger partial charge in [0.2, 0.25) is 5.72 Å². The molecule has 2 aliphatic heterocycles. The van der Waals surface area contributed by atoms with Crippen molar-refractivity contribution in [1.82, 2.24) is 15.1 Å². The van der Waals surface area contributed by atoms with Gasteiger partial charge in [-0.2, -0.15) is 0 Å². The van der Waals surface area contributed by atoms with Gasteiger partial charge in [0.15, 0.2) is 0 Å². The lowest BCUT2D eigenvalue weighted by molar-refractivity contribution is -0.173. The second kappa shape index (κ2) is 14.0. The Balaban J connectivity index is 1.74. The molecule has 2 amide bonds. The molecule has 0 radical (unpaired) electrons. The summed E-state index contributed by atoms with van der Waals surface area (Å²) in [5.74, 6) is -0.790. The predicted molar refractivity (Wildman–Crippen MR) is 153 cm³/mol. The molecular formula is C29H40N3O6P. The van der Waals surface area contributed by atoms with Gasteiger partial charge >= 0.3 is 0 Å². The second-order valence-electron chi connectivity index (χ2n) is 10.1. The van der Waals surface area contributed by atoms with E-state index < -0.39 is 17.5 Å². The summed E-state index contributed by atoms with van der Waals surface area (Å²) in [5, 5.41) is 14.7. The quantitative estimate of drug-likeness (QED) is 0.335. The first-order valence-corrected chi connectivity index (χ1v) is 13.8. The first kappa shape index (κ1) is 30.7. The molecule has 39 heavy (non-hydrogen) atoms. The SMILES string of the molecule is CNC(=O)C(O)(CCC=O)N1C/C=C(OCc2ccc(CN3CC(C)OC(C)C3)cc2P)/C=C\C=C(/C)C1=O. The molecule has 212 valence electrons. The molecule has 1 aromatic carbocycles. The van der Waals surface area contributed by atoms with E-state index in [1.807, 2.05) is 6.07 Å². The number of allylic oxidation sites excluding steroid dienone is 3. The summed E-state index contributed by atoms with van der Waals surface area (Å²) in [6.07, 6.45) is 7.41. The van der Waals surface area contributed by atoms with E-state index in [1.165, 1.54) is 12.6 Å². The van der Waals surface area contributed by atoms with Crippen molar-refractivity contribution in [3.63, 3.8) is 0 Å². The molecule has 2 heterocycles. The van der Waals surface area contributed by atoms with E-state index in [0.29, 0.717) is 24.2 Å². The van der Waals surface area contributed by atoms with Crippen LogP contribution in [0.15, 0.2) is 53.8 Å². The standard InChI is InChI=1S/C29H40N3O6P/c1-20-7-5-8-25(11-13-32(27(20)34)29(36,12-6-14-33)28(35)30-4)37-19-24-10-9-23(15-26(24)39)18-31-16-21(2)38-22(3)17-31/h5,7-11,14-15,21-22,36H,6,12-13,16-19,39H2,1-4H3,(H,30,35)/b8-5-,20-7+,25-11-. The third-order valence-electron chi connectivity index (χ3n) is 6.82. The fourth-order valence-corrected chi connectivity index (χ4v) is 5.26. The zero-order chi connectivity index (χ0) is 28.6. The normalized spacial score (nSPS) is 25.6. The number of aldehydes is 1. The maximum absolute atomic E-state index is 13.1. The number of aliphatic hydroxyl groups is 1. The summed E-state index contributed by atoms with van der Waals surface area (Å²) in [7, 11) is 4.15. The first-order chi connectivity index (χ1) is 18.6. The molecule has 3 rings (SSSR count). The molecule has 2 aliphatic rings. The highest BCUT2D eigenvalue weighted by atomic mass is 31.0. The lowest BCUT2D eigenvalue weighted by Crippen LogP contribution is -2.60. The monoisotopic (exact) mass is 557 g/mol. The second-order valence-corrected chi connectivity index (χ2v) is 10.7. The number of nitrogens with one attached hydrogen (secondary N) is 1. The van der Waals surface area contributed by atoms with Crippen LogP contribution in [0.5, 0.6) is 0 Å². The summed E-state index contributed by atoms with van der Waals surface area (Å²) in [4.78, 5) is 40.2. The van der Waals surface area contributed by atoms with Crippen LogP contribution in [0, 0.1) is 0 Å². The van der Waals surface area contributed by atoms with Crippen LogP contribution in [0.1, 0.15) is 44.7 Å². The van der Waals surface area contributed by atoms with Crippen molar-refractivity contribution in [3.05, 3.63) is 65.0 Å². The molecule has 0 spiro atoms. The van der Waals surface area contributed by atoms with Gasteiger partial charge in [0.05, 0.1) is 12.2 Å².